The van der Waals surface area contributed by atoms with Gasteiger partial charge in [0.25, 0.3) is 0 Å². The minimum Gasteiger partial charge on any atom is -0.443 e. The first-order valence-corrected chi connectivity index (χ1v) is 10.5. The van der Waals surface area contributed by atoms with E-state index in [1.807, 2.05) is 44.0 Å². The van der Waals surface area contributed by atoms with Gasteiger partial charge in [0, 0.05) is 25.7 Å². The highest BCUT2D eigenvalue weighted by Crippen LogP contribution is 2.33. The molecule has 2 aliphatic rings. The molecule has 2 fully saturated rings. The Hall–Kier alpha value is -2.11. The van der Waals surface area contributed by atoms with E-state index in [1.165, 1.54) is 6.42 Å². The fourth-order valence-electron chi connectivity index (χ4n) is 4.31. The highest BCUT2D eigenvalue weighted by molar-refractivity contribution is 5.87. The lowest BCUT2D eigenvalue weighted by atomic mass is 9.94. The quantitative estimate of drug-likeness (QED) is 0.744. The Labute approximate surface area is 168 Å². The fourth-order valence-corrected chi connectivity index (χ4v) is 4.31. The summed E-state index contributed by atoms with van der Waals surface area (Å²) in [6.45, 7) is 8.08. The van der Waals surface area contributed by atoms with Gasteiger partial charge in [0.15, 0.2) is 0 Å². The van der Waals surface area contributed by atoms with Crippen molar-refractivity contribution in [1.29, 1.82) is 0 Å². The molecule has 6 nitrogen and oxygen atoms in total. The molecule has 0 bridgehead atoms. The lowest BCUT2D eigenvalue weighted by molar-refractivity contribution is -0.129. The summed E-state index contributed by atoms with van der Waals surface area (Å²) in [6, 6.07) is 4.13. The Morgan fingerprint density at radius 1 is 1.11 bits per heavy atom. The first kappa shape index (κ1) is 20.6. The summed E-state index contributed by atoms with van der Waals surface area (Å²) in [6.07, 6.45) is 8.87. The predicted molar refractivity (Wildman–Crippen MR) is 109 cm³/mol. The van der Waals surface area contributed by atoms with Gasteiger partial charge in [-0.1, -0.05) is 25.3 Å². The molecular formula is C22H33N3O3. The lowest BCUT2D eigenvalue weighted by Crippen LogP contribution is -2.45. The Morgan fingerprint density at radius 3 is 2.39 bits per heavy atom. The van der Waals surface area contributed by atoms with Gasteiger partial charge < -0.3 is 9.64 Å². The standard InChI is InChI=1S/C22H33N3O3/c1-16(26)24-14-8-11-19(24)17-12-13-20(23-15-17)25(18-9-6-5-7-10-18)21(27)28-22(2,3)4/h12-13,15,18-19H,5-11,14H2,1-4H3/t19-/m0/s1. The summed E-state index contributed by atoms with van der Waals surface area (Å²) in [5.74, 6) is 0.737. The Kier molecular flexibility index (Phi) is 6.26. The van der Waals surface area contributed by atoms with Gasteiger partial charge in [0.1, 0.15) is 11.4 Å². The van der Waals surface area contributed by atoms with Crippen molar-refractivity contribution < 1.29 is 14.3 Å². The van der Waals surface area contributed by atoms with Crippen molar-refractivity contribution in [2.75, 3.05) is 11.4 Å². The molecule has 1 aliphatic carbocycles. The number of carbonyl (C=O) groups is 2. The largest absolute Gasteiger partial charge is 0.443 e. The Balaban J connectivity index is 1.83. The van der Waals surface area contributed by atoms with E-state index in [9.17, 15) is 9.59 Å². The molecule has 3 rings (SSSR count). The molecule has 154 valence electrons. The normalized spacial score (nSPS) is 20.9. The smallest absolute Gasteiger partial charge is 0.416 e. The SMILES string of the molecule is CC(=O)N1CCC[C@H]1c1ccc(N(C(=O)OC(C)(C)C)C2CCCCC2)nc1. The third-order valence-electron chi connectivity index (χ3n) is 5.59. The van der Waals surface area contributed by atoms with Crippen molar-refractivity contribution in [2.45, 2.75) is 90.3 Å². The van der Waals surface area contributed by atoms with Crippen LogP contribution in [0.15, 0.2) is 18.3 Å². The number of hydrogen-bond acceptors (Lipinski definition) is 4. The zero-order valence-corrected chi connectivity index (χ0v) is 17.6. The number of pyridine rings is 1. The van der Waals surface area contributed by atoms with Crippen LogP contribution in [0, 0.1) is 0 Å². The Bertz CT molecular complexity index is 690. The number of hydrogen-bond donors (Lipinski definition) is 0. The number of ether oxygens (including phenoxy) is 1. The second-order valence-corrected chi connectivity index (χ2v) is 8.96. The molecule has 28 heavy (non-hydrogen) atoms. The molecule has 6 heteroatoms. The van der Waals surface area contributed by atoms with Crippen LogP contribution in [0.25, 0.3) is 0 Å². The summed E-state index contributed by atoms with van der Waals surface area (Å²) < 4.78 is 5.68. The molecule has 1 atom stereocenters. The first-order valence-electron chi connectivity index (χ1n) is 10.5. The molecule has 1 aromatic heterocycles. The third kappa shape index (κ3) is 4.83. The predicted octanol–water partition coefficient (Wildman–Crippen LogP) is 4.84. The van der Waals surface area contributed by atoms with Crippen LogP contribution in [0.4, 0.5) is 10.6 Å². The third-order valence-corrected chi connectivity index (χ3v) is 5.59. The summed E-state index contributed by atoms with van der Waals surface area (Å²) in [5, 5.41) is 0. The number of amides is 2. The molecule has 1 saturated heterocycles. The fraction of sp³-hybridized carbons (Fsp3) is 0.682. The first-order chi connectivity index (χ1) is 13.3. The van der Waals surface area contributed by atoms with Crippen molar-refractivity contribution in [3.8, 4) is 0 Å². The van der Waals surface area contributed by atoms with Crippen molar-refractivity contribution >= 4 is 17.8 Å². The molecule has 0 unspecified atom stereocenters. The van der Waals surface area contributed by atoms with E-state index >= 15 is 0 Å². The molecule has 0 aromatic carbocycles. The number of anilines is 1. The zero-order chi connectivity index (χ0) is 20.3. The molecule has 1 aliphatic heterocycles. The monoisotopic (exact) mass is 387 g/mol. The van der Waals surface area contributed by atoms with Crippen molar-refractivity contribution in [1.82, 2.24) is 9.88 Å². The summed E-state index contributed by atoms with van der Waals surface area (Å²) in [5.41, 5.74) is 0.486. The summed E-state index contributed by atoms with van der Waals surface area (Å²) in [4.78, 5) is 33.1. The maximum atomic E-state index is 13.0. The molecular weight excluding hydrogens is 354 g/mol. The van der Waals surface area contributed by atoms with Gasteiger partial charge in [-0.05, 0) is 58.1 Å². The molecule has 1 saturated carbocycles. The molecule has 2 amide bonds. The van der Waals surface area contributed by atoms with E-state index in [4.69, 9.17) is 4.74 Å². The Morgan fingerprint density at radius 2 is 1.82 bits per heavy atom. The van der Waals surface area contributed by atoms with Crippen LogP contribution in [-0.2, 0) is 9.53 Å². The van der Waals surface area contributed by atoms with E-state index in [0.717, 1.165) is 50.6 Å². The van der Waals surface area contributed by atoms with E-state index in [0.29, 0.717) is 5.82 Å². The van der Waals surface area contributed by atoms with Crippen LogP contribution in [0.5, 0.6) is 0 Å². The average Bonchev–Trinajstić information content (AvgIpc) is 3.12. The van der Waals surface area contributed by atoms with Crippen LogP contribution < -0.4 is 4.90 Å². The minimum atomic E-state index is -0.546. The van der Waals surface area contributed by atoms with Gasteiger partial charge in [0.2, 0.25) is 5.91 Å². The highest BCUT2D eigenvalue weighted by Gasteiger charge is 2.32. The van der Waals surface area contributed by atoms with Crippen molar-refractivity contribution in [2.24, 2.45) is 0 Å². The summed E-state index contributed by atoms with van der Waals surface area (Å²) in [7, 11) is 0. The molecule has 0 radical (unpaired) electrons. The maximum absolute atomic E-state index is 13.0. The minimum absolute atomic E-state index is 0.0868. The molecule has 1 aromatic rings. The average molecular weight is 388 g/mol. The number of aromatic nitrogens is 1. The van der Waals surface area contributed by atoms with Crippen LogP contribution in [0.2, 0.25) is 0 Å². The van der Waals surface area contributed by atoms with E-state index in [-0.39, 0.29) is 24.1 Å². The van der Waals surface area contributed by atoms with Crippen LogP contribution in [-0.4, -0.2) is 40.1 Å². The maximum Gasteiger partial charge on any atom is 0.416 e. The van der Waals surface area contributed by atoms with Gasteiger partial charge in [-0.3, -0.25) is 9.69 Å². The van der Waals surface area contributed by atoms with Gasteiger partial charge in [-0.25, -0.2) is 9.78 Å². The van der Waals surface area contributed by atoms with Crippen LogP contribution in [0.1, 0.15) is 84.2 Å². The van der Waals surface area contributed by atoms with Crippen molar-refractivity contribution in [3.63, 3.8) is 0 Å². The number of nitrogens with zero attached hydrogens (tertiary/aromatic N) is 3. The second-order valence-electron chi connectivity index (χ2n) is 8.96. The van der Waals surface area contributed by atoms with Gasteiger partial charge in [0.05, 0.1) is 6.04 Å². The number of carbonyl (C=O) groups excluding carboxylic acids is 2. The zero-order valence-electron chi connectivity index (χ0n) is 17.6. The van der Waals surface area contributed by atoms with E-state index in [2.05, 4.69) is 4.98 Å². The summed E-state index contributed by atoms with van der Waals surface area (Å²) >= 11 is 0. The molecule has 0 N–H and O–H groups in total. The molecule has 2 heterocycles. The van der Waals surface area contributed by atoms with Crippen LogP contribution in [0.3, 0.4) is 0 Å². The van der Waals surface area contributed by atoms with Gasteiger partial charge >= 0.3 is 6.09 Å². The highest BCUT2D eigenvalue weighted by atomic mass is 16.6. The lowest BCUT2D eigenvalue weighted by Gasteiger charge is -2.35. The topological polar surface area (TPSA) is 62.7 Å². The van der Waals surface area contributed by atoms with Crippen molar-refractivity contribution in [3.05, 3.63) is 23.9 Å². The van der Waals surface area contributed by atoms with Crippen LogP contribution >= 0.6 is 0 Å². The van der Waals surface area contributed by atoms with Gasteiger partial charge in [-0.15, -0.1) is 0 Å². The van der Waals surface area contributed by atoms with E-state index < -0.39 is 5.60 Å². The number of rotatable bonds is 3. The second kappa shape index (κ2) is 8.50. The molecule has 0 spiro atoms. The van der Waals surface area contributed by atoms with E-state index in [1.54, 1.807) is 11.8 Å². The number of likely N-dealkylation sites (tertiary alicyclic amines) is 1. The van der Waals surface area contributed by atoms with Gasteiger partial charge in [-0.2, -0.15) is 0 Å².